The highest BCUT2D eigenvalue weighted by Crippen LogP contribution is 2.25. The van der Waals surface area contributed by atoms with E-state index in [1.807, 2.05) is 29.6 Å². The first-order chi connectivity index (χ1) is 12.6. The minimum atomic E-state index is -0.334. The van der Waals surface area contributed by atoms with E-state index in [9.17, 15) is 9.59 Å². The number of benzene rings is 1. The number of fused-ring (bicyclic) bond motifs is 1. The van der Waals surface area contributed by atoms with Crippen LogP contribution in [-0.2, 0) is 6.54 Å². The van der Waals surface area contributed by atoms with Gasteiger partial charge in [-0.2, -0.15) is 0 Å². The first kappa shape index (κ1) is 17.3. The van der Waals surface area contributed by atoms with Gasteiger partial charge in [-0.05, 0) is 23.6 Å². The molecular formula is C18H19ClN4O2S. The van der Waals surface area contributed by atoms with Crippen LogP contribution < -0.4 is 16.1 Å². The molecule has 8 heteroatoms. The Balaban J connectivity index is 1.41. The Bertz CT molecular complexity index is 1030. The van der Waals surface area contributed by atoms with Crippen LogP contribution in [0.25, 0.3) is 10.2 Å². The Kier molecular flexibility index (Phi) is 4.84. The summed E-state index contributed by atoms with van der Waals surface area (Å²) in [5, 5.41) is 3.17. The Labute approximate surface area is 159 Å². The fourth-order valence-corrected chi connectivity index (χ4v) is 4.37. The Morgan fingerprint density at radius 1 is 1.04 bits per heavy atom. The quantitative estimate of drug-likeness (QED) is 0.742. The van der Waals surface area contributed by atoms with Crippen molar-refractivity contribution in [2.24, 2.45) is 0 Å². The molecule has 3 aromatic rings. The van der Waals surface area contributed by atoms with Crippen molar-refractivity contribution in [3.63, 3.8) is 0 Å². The molecule has 0 unspecified atom stereocenters. The largest absolute Gasteiger partial charge is 0.368 e. The van der Waals surface area contributed by atoms with E-state index in [4.69, 9.17) is 11.6 Å². The fourth-order valence-electron chi connectivity index (χ4n) is 3.34. The summed E-state index contributed by atoms with van der Waals surface area (Å²) in [5.74, 6) is 0. The zero-order chi connectivity index (χ0) is 18.1. The van der Waals surface area contributed by atoms with Crippen LogP contribution in [0.3, 0.4) is 0 Å². The van der Waals surface area contributed by atoms with Gasteiger partial charge in [0.1, 0.15) is 4.83 Å². The molecule has 1 aliphatic heterocycles. The number of aromatic nitrogens is 2. The number of piperazine rings is 1. The Hall–Kier alpha value is -2.09. The second-order valence-electron chi connectivity index (χ2n) is 6.33. The van der Waals surface area contributed by atoms with Crippen molar-refractivity contribution in [3.05, 3.63) is 61.6 Å². The number of anilines is 1. The van der Waals surface area contributed by atoms with Gasteiger partial charge in [0, 0.05) is 39.3 Å². The minimum absolute atomic E-state index is 0.209. The molecule has 0 atom stereocenters. The number of para-hydroxylation sites is 1. The second kappa shape index (κ2) is 7.26. The smallest absolute Gasteiger partial charge is 0.329 e. The zero-order valence-corrected chi connectivity index (χ0v) is 15.7. The lowest BCUT2D eigenvalue weighted by Crippen LogP contribution is -2.48. The van der Waals surface area contributed by atoms with Crippen LogP contribution in [0.2, 0.25) is 5.02 Å². The number of aromatic amines is 1. The number of hydrogen-bond donors (Lipinski definition) is 1. The van der Waals surface area contributed by atoms with Gasteiger partial charge in [-0.15, -0.1) is 11.3 Å². The topological polar surface area (TPSA) is 61.3 Å². The molecule has 1 aromatic carbocycles. The minimum Gasteiger partial charge on any atom is -0.368 e. The molecule has 3 heterocycles. The van der Waals surface area contributed by atoms with Gasteiger partial charge < -0.3 is 4.90 Å². The van der Waals surface area contributed by atoms with Crippen molar-refractivity contribution in [3.8, 4) is 0 Å². The summed E-state index contributed by atoms with van der Waals surface area (Å²) in [7, 11) is 0. The number of halogens is 1. The first-order valence-corrected chi connectivity index (χ1v) is 9.81. The van der Waals surface area contributed by atoms with Gasteiger partial charge in [-0.3, -0.25) is 19.2 Å². The van der Waals surface area contributed by atoms with Crippen molar-refractivity contribution >= 4 is 38.8 Å². The molecule has 0 aliphatic carbocycles. The van der Waals surface area contributed by atoms with E-state index in [-0.39, 0.29) is 11.2 Å². The summed E-state index contributed by atoms with van der Waals surface area (Å²) in [6, 6.07) is 9.63. The van der Waals surface area contributed by atoms with E-state index in [0.717, 1.165) is 36.9 Å². The average molecular weight is 391 g/mol. The highest BCUT2D eigenvalue weighted by molar-refractivity contribution is 7.16. The highest BCUT2D eigenvalue weighted by Gasteiger charge is 2.19. The molecule has 0 saturated carbocycles. The molecule has 0 amide bonds. The SMILES string of the molecule is O=c1[nH]c2sccc2c(=O)n1CCN1CCN(c2ccccc2Cl)CC1. The molecule has 1 saturated heterocycles. The molecule has 1 N–H and O–H groups in total. The maximum atomic E-state index is 12.5. The van der Waals surface area contributed by atoms with Gasteiger partial charge in [-0.25, -0.2) is 4.79 Å². The normalized spacial score (nSPS) is 15.7. The van der Waals surface area contributed by atoms with Crippen LogP contribution in [0.15, 0.2) is 45.3 Å². The van der Waals surface area contributed by atoms with Crippen LogP contribution in [-0.4, -0.2) is 47.2 Å². The molecular weight excluding hydrogens is 372 g/mol. The average Bonchev–Trinajstić information content (AvgIpc) is 3.11. The number of H-pyrrole nitrogens is 1. The lowest BCUT2D eigenvalue weighted by Gasteiger charge is -2.36. The van der Waals surface area contributed by atoms with Gasteiger partial charge in [0.2, 0.25) is 0 Å². The molecule has 0 radical (unpaired) electrons. The maximum Gasteiger partial charge on any atom is 0.329 e. The number of nitrogens with one attached hydrogen (secondary N) is 1. The van der Waals surface area contributed by atoms with Gasteiger partial charge in [-0.1, -0.05) is 23.7 Å². The van der Waals surface area contributed by atoms with Crippen molar-refractivity contribution in [1.82, 2.24) is 14.5 Å². The third-order valence-corrected chi connectivity index (χ3v) is 5.96. The Morgan fingerprint density at radius 2 is 1.81 bits per heavy atom. The molecule has 2 aromatic heterocycles. The van der Waals surface area contributed by atoms with Crippen molar-refractivity contribution in [2.45, 2.75) is 6.54 Å². The summed E-state index contributed by atoms with van der Waals surface area (Å²) < 4.78 is 1.30. The first-order valence-electron chi connectivity index (χ1n) is 8.55. The van der Waals surface area contributed by atoms with E-state index in [1.54, 1.807) is 6.07 Å². The number of nitrogens with zero attached hydrogens (tertiary/aromatic N) is 3. The van der Waals surface area contributed by atoms with Crippen LogP contribution in [0.5, 0.6) is 0 Å². The van der Waals surface area contributed by atoms with Crippen molar-refractivity contribution in [2.75, 3.05) is 37.6 Å². The van der Waals surface area contributed by atoms with E-state index < -0.39 is 0 Å². The van der Waals surface area contributed by atoms with E-state index in [1.165, 1.54) is 15.9 Å². The molecule has 6 nitrogen and oxygen atoms in total. The third kappa shape index (κ3) is 3.30. The molecule has 1 aliphatic rings. The van der Waals surface area contributed by atoms with Crippen molar-refractivity contribution < 1.29 is 0 Å². The molecule has 26 heavy (non-hydrogen) atoms. The monoisotopic (exact) mass is 390 g/mol. The van der Waals surface area contributed by atoms with Gasteiger partial charge >= 0.3 is 5.69 Å². The second-order valence-corrected chi connectivity index (χ2v) is 7.65. The molecule has 0 spiro atoms. The third-order valence-electron chi connectivity index (χ3n) is 4.81. The lowest BCUT2D eigenvalue weighted by molar-refractivity contribution is 0.246. The lowest BCUT2D eigenvalue weighted by atomic mass is 10.2. The molecule has 136 valence electrons. The van der Waals surface area contributed by atoms with E-state index in [0.29, 0.717) is 23.3 Å². The fraction of sp³-hybridized carbons (Fsp3) is 0.333. The van der Waals surface area contributed by atoms with Gasteiger partial charge in [0.05, 0.1) is 16.1 Å². The number of rotatable bonds is 4. The predicted molar refractivity (Wildman–Crippen MR) is 107 cm³/mol. The maximum absolute atomic E-state index is 12.5. The Morgan fingerprint density at radius 3 is 2.58 bits per heavy atom. The van der Waals surface area contributed by atoms with E-state index >= 15 is 0 Å². The van der Waals surface area contributed by atoms with Crippen LogP contribution >= 0.6 is 22.9 Å². The summed E-state index contributed by atoms with van der Waals surface area (Å²) >= 11 is 7.65. The molecule has 1 fully saturated rings. The van der Waals surface area contributed by atoms with Crippen LogP contribution in [0.1, 0.15) is 0 Å². The summed E-state index contributed by atoms with van der Waals surface area (Å²) in [5.41, 5.74) is 0.517. The van der Waals surface area contributed by atoms with E-state index in [2.05, 4.69) is 14.8 Å². The van der Waals surface area contributed by atoms with Crippen molar-refractivity contribution in [1.29, 1.82) is 0 Å². The van der Waals surface area contributed by atoms with Gasteiger partial charge in [0.25, 0.3) is 5.56 Å². The summed E-state index contributed by atoms with van der Waals surface area (Å²) in [6.45, 7) is 4.56. The van der Waals surface area contributed by atoms with Crippen LogP contribution in [0, 0.1) is 0 Å². The molecule has 0 bridgehead atoms. The number of thiophene rings is 1. The van der Waals surface area contributed by atoms with Gasteiger partial charge in [0.15, 0.2) is 0 Å². The molecule has 4 rings (SSSR count). The number of hydrogen-bond acceptors (Lipinski definition) is 5. The predicted octanol–water partition coefficient (Wildman–Crippen LogP) is 2.23. The zero-order valence-electron chi connectivity index (χ0n) is 14.2. The summed E-state index contributed by atoms with van der Waals surface area (Å²) in [4.78, 5) is 32.6. The summed E-state index contributed by atoms with van der Waals surface area (Å²) in [6.07, 6.45) is 0. The highest BCUT2D eigenvalue weighted by atomic mass is 35.5. The van der Waals surface area contributed by atoms with Crippen LogP contribution in [0.4, 0.5) is 5.69 Å². The standard InChI is InChI=1S/C18H19ClN4O2S/c19-14-3-1-2-4-15(14)22-9-6-21(7-10-22)8-11-23-17(24)13-5-12-26-16(13)20-18(23)25/h1-5,12H,6-11H2,(H,20,25).